The number of carboxylic acid groups (broad SMARTS) is 3. The van der Waals surface area contributed by atoms with E-state index in [1.165, 1.54) is 66.6 Å². The Morgan fingerprint density at radius 2 is 0.791 bits per heavy atom. The molecule has 0 aliphatic heterocycles. The number of ketones is 1. The third kappa shape index (κ3) is 40.3. The molecule has 0 saturated heterocycles. The normalized spacial score (nSPS) is 9.88. The van der Waals surface area contributed by atoms with Crippen molar-refractivity contribution in [1.82, 2.24) is 9.97 Å². The van der Waals surface area contributed by atoms with Crippen molar-refractivity contribution < 1.29 is 84.3 Å². The van der Waals surface area contributed by atoms with Crippen LogP contribution in [0.3, 0.4) is 0 Å². The molecule has 129 heavy (non-hydrogen) atoms. The molecule has 0 saturated carbocycles. The number of nitro groups is 2. The van der Waals surface area contributed by atoms with Crippen LogP contribution in [0.2, 0.25) is 0 Å². The molecule has 13 rings (SSSR count). The zero-order valence-electron chi connectivity index (χ0n) is 76.5. The highest BCUT2D eigenvalue weighted by molar-refractivity contribution is 7.90. The van der Waals surface area contributed by atoms with Crippen LogP contribution in [0.5, 0.6) is 17.2 Å². The van der Waals surface area contributed by atoms with Crippen LogP contribution in [0.15, 0.2) is 294 Å². The number of rotatable bonds is 25. The number of Topliss-reactive ketones (excluding diaryl/α,β-unsaturated/α-hetero) is 1. The summed E-state index contributed by atoms with van der Waals surface area (Å²) in [5.74, 6) is -0.702. The van der Waals surface area contributed by atoms with Crippen LogP contribution in [-0.4, -0.2) is 94.1 Å². The number of aromatic carboxylic acids is 1. The minimum atomic E-state index is -3.27. The summed E-state index contributed by atoms with van der Waals surface area (Å²) in [6.07, 6.45) is 3.28. The molecule has 0 spiro atoms. The Morgan fingerprint density at radius 3 is 1.20 bits per heavy atom. The van der Waals surface area contributed by atoms with Gasteiger partial charge in [-0.15, -0.1) is 0 Å². The average Bonchev–Trinajstić information content (AvgIpc) is 1.66. The summed E-state index contributed by atoms with van der Waals surface area (Å²) in [6, 6.07) is 84.9. The van der Waals surface area contributed by atoms with Crippen molar-refractivity contribution in [2.24, 2.45) is 0 Å². The van der Waals surface area contributed by atoms with E-state index in [0.29, 0.717) is 52.2 Å². The Kier molecular flexibility index (Phi) is 51.8. The number of aromatic nitrogens is 2. The molecule has 27 heteroatoms. The molecule has 0 fully saturated rings. The molecule has 2 heterocycles. The number of ether oxygens (including phenoxy) is 2. The fourth-order valence-corrected chi connectivity index (χ4v) is 12.9. The third-order valence-electron chi connectivity index (χ3n) is 16.9. The number of anilines is 2. The van der Waals surface area contributed by atoms with Crippen molar-refractivity contribution in [2.75, 3.05) is 17.8 Å². The highest BCUT2D eigenvalue weighted by atomic mass is 32.2. The van der Waals surface area contributed by atoms with Gasteiger partial charge in [0, 0.05) is 95.2 Å². The predicted octanol–water partition coefficient (Wildman–Crippen LogP) is 25.4. The molecule has 0 aliphatic carbocycles. The van der Waals surface area contributed by atoms with Gasteiger partial charge in [0.2, 0.25) is 0 Å². The van der Waals surface area contributed by atoms with E-state index in [1.54, 1.807) is 49.4 Å². The molecule has 13 aromatic rings. The van der Waals surface area contributed by atoms with Gasteiger partial charge in [-0.3, -0.25) is 39.4 Å². The topological polar surface area (TPSA) is 383 Å². The summed E-state index contributed by atoms with van der Waals surface area (Å²) in [6.45, 7) is 31.0. The maximum atomic E-state index is 11.6. The Morgan fingerprint density at radius 1 is 0.419 bits per heavy atom. The van der Waals surface area contributed by atoms with E-state index < -0.39 is 53.4 Å². The number of carbonyl (C=O) groups excluding carboxylic acids is 2. The number of oxazole rings is 2. The van der Waals surface area contributed by atoms with Gasteiger partial charge >= 0.3 is 23.9 Å². The molecule has 0 radical (unpaired) electrons. The lowest BCUT2D eigenvalue weighted by molar-refractivity contribution is -0.385. The Hall–Kier alpha value is -14.3. The number of nitrogens with zero attached hydrogens (tertiary/aromatic N) is 4. The number of sulfone groups is 2. The van der Waals surface area contributed by atoms with Crippen molar-refractivity contribution in [3.05, 3.63) is 362 Å². The number of benzene rings is 11. The van der Waals surface area contributed by atoms with E-state index in [-0.39, 0.29) is 71.4 Å². The molecule has 0 amide bonds. The van der Waals surface area contributed by atoms with Gasteiger partial charge < -0.3 is 38.9 Å². The Bertz CT molecular complexity index is 5420. The van der Waals surface area contributed by atoms with Crippen LogP contribution in [-0.2, 0) is 64.8 Å². The molecule has 0 aliphatic rings. The molecule has 4 N–H and O–H groups in total. The summed E-state index contributed by atoms with van der Waals surface area (Å²) in [5, 5.41) is 51.4. The van der Waals surface area contributed by atoms with Crippen molar-refractivity contribution in [3.63, 3.8) is 0 Å². The summed E-state index contributed by atoms with van der Waals surface area (Å²) in [7, 11) is -6.47. The summed E-state index contributed by atoms with van der Waals surface area (Å²) >= 11 is 0. The summed E-state index contributed by atoms with van der Waals surface area (Å²) in [5.41, 5.74) is 12.7. The lowest BCUT2D eigenvalue weighted by Gasteiger charge is -2.13. The van der Waals surface area contributed by atoms with E-state index in [0.717, 1.165) is 68.7 Å². The minimum Gasteiger partial charge on any atom is -0.481 e. The standard InChI is InChI=1S/2C18H15NO3.C16H17NO.C15H15NO4S.C14H13NO5S.C9H8O4.6C2H6/c2*20-16(21)12-11-15-19-17(13-7-3-1-4-8-13)18(22-15)14-9-5-2-6-10-14;1-11-7-6-10-15(12(11)2)17-16-9-5-4-8-14(16)13(3)18;1-21(19,20)11-13-7-8-15(16(17)18)10-14(13)9-12-5-3-2-4-6-12;1-21(18,19)10-11-7-8-12(15(16)17)9-14(11)20-13-5-3-2-4-6-13;1-6(10)13-8-5-3-2-4-7(8)9(11)12;6*1-2/h2*1-10H,11-12H2,(H,20,21);4-10,17H,1-3H3;2-8,10H,9,11H2,1H3;2-9H,10H2,1H3;2-5H,1H3,(H,11,12);6*1-2H3. The number of carboxylic acids is 3. The average molecular weight is 1800 g/mol. The van der Waals surface area contributed by atoms with Crippen LogP contribution in [0, 0.1) is 34.1 Å². The first-order chi connectivity index (χ1) is 61.9. The molecule has 684 valence electrons. The molecular formula is C102H119N5O20S2. The first kappa shape index (κ1) is 111. The van der Waals surface area contributed by atoms with Gasteiger partial charge in [-0.05, 0) is 104 Å². The van der Waals surface area contributed by atoms with Gasteiger partial charge in [0.1, 0.15) is 34.2 Å². The number of aryl methyl sites for hydroxylation is 3. The maximum absolute atomic E-state index is 11.6. The van der Waals surface area contributed by atoms with E-state index in [2.05, 4.69) is 39.9 Å². The van der Waals surface area contributed by atoms with E-state index in [9.17, 15) is 61.0 Å². The summed E-state index contributed by atoms with van der Waals surface area (Å²) < 4.78 is 67.8. The van der Waals surface area contributed by atoms with Crippen LogP contribution in [0.25, 0.3) is 45.2 Å². The Labute approximate surface area is 758 Å². The first-order valence-corrected chi connectivity index (χ1v) is 46.2. The lowest BCUT2D eigenvalue weighted by atomic mass is 10.00. The summed E-state index contributed by atoms with van der Waals surface area (Å²) in [4.78, 5) is 83.9. The zero-order chi connectivity index (χ0) is 96.6. The Balaban J connectivity index is 0.000000514. The first-order valence-electron chi connectivity index (χ1n) is 42.1. The second-order valence-corrected chi connectivity index (χ2v) is 30.4. The molecular weight excluding hydrogens is 1680 g/mol. The second kappa shape index (κ2) is 60.3. The van der Waals surface area contributed by atoms with Crippen molar-refractivity contribution in [1.29, 1.82) is 0 Å². The number of carbonyl (C=O) groups is 5. The van der Waals surface area contributed by atoms with Crippen molar-refractivity contribution in [2.45, 2.75) is 154 Å². The van der Waals surface area contributed by atoms with Crippen LogP contribution in [0.4, 0.5) is 22.7 Å². The number of nitro benzene ring substituents is 2. The van der Waals surface area contributed by atoms with Crippen LogP contribution in [0.1, 0.15) is 176 Å². The van der Waals surface area contributed by atoms with E-state index in [4.69, 9.17) is 28.9 Å². The molecule has 0 bridgehead atoms. The van der Waals surface area contributed by atoms with Crippen molar-refractivity contribution >= 4 is 72.1 Å². The third-order valence-corrected chi connectivity index (χ3v) is 18.5. The highest BCUT2D eigenvalue weighted by Crippen LogP contribution is 2.36. The fraction of sp³-hybridized carbons (Fsp3) is 0.245. The smallest absolute Gasteiger partial charge is 0.339 e. The molecule has 0 unspecified atom stereocenters. The largest absolute Gasteiger partial charge is 0.481 e. The number of para-hydroxylation sites is 3. The fourth-order valence-electron chi connectivity index (χ4n) is 11.2. The van der Waals surface area contributed by atoms with Crippen LogP contribution < -0.4 is 14.8 Å². The zero-order valence-corrected chi connectivity index (χ0v) is 78.1. The number of non-ortho nitro benzene ring substituents is 2. The predicted molar refractivity (Wildman–Crippen MR) is 514 cm³/mol. The van der Waals surface area contributed by atoms with Gasteiger partial charge in [-0.2, -0.15) is 0 Å². The van der Waals surface area contributed by atoms with E-state index >= 15 is 0 Å². The van der Waals surface area contributed by atoms with Crippen LogP contribution >= 0.6 is 0 Å². The van der Waals surface area contributed by atoms with Gasteiger partial charge in [0.15, 0.2) is 48.8 Å². The number of hydrogen-bond donors (Lipinski definition) is 4. The van der Waals surface area contributed by atoms with Gasteiger partial charge in [0.25, 0.3) is 11.4 Å². The van der Waals surface area contributed by atoms with Gasteiger partial charge in [-0.1, -0.05) is 295 Å². The maximum Gasteiger partial charge on any atom is 0.339 e. The van der Waals surface area contributed by atoms with E-state index in [1.807, 2.05) is 271 Å². The molecule has 25 nitrogen and oxygen atoms in total. The number of nitrogens with one attached hydrogen (secondary N) is 1. The lowest BCUT2D eigenvalue weighted by Crippen LogP contribution is -2.06. The van der Waals surface area contributed by atoms with Crippen molar-refractivity contribution in [3.8, 4) is 62.4 Å². The minimum absolute atomic E-state index is 0.00295. The number of esters is 1. The monoisotopic (exact) mass is 1800 g/mol. The quantitative estimate of drug-likeness (QED) is 0.0136. The molecule has 2 aromatic heterocycles. The SMILES string of the molecule is CC.CC.CC.CC.CC.CC.CC(=O)Oc1ccccc1C(=O)O.CC(=O)c1ccccc1Nc1cccc(C)c1C.CS(=O)(=O)Cc1ccc([N+](=O)[O-])cc1Cc1ccccc1.CS(=O)(=O)Cc1ccc([N+](=O)[O-])cc1Oc1ccccc1.O=C(O)CCc1nc(-c2ccccc2)c(-c2ccccc2)o1.O=C(O)CCc1nc(-c2ccccc2)c(-c2ccccc2)o1. The van der Waals surface area contributed by atoms with Gasteiger partial charge in [-0.25, -0.2) is 31.6 Å². The van der Waals surface area contributed by atoms with Gasteiger partial charge in [0.05, 0.1) is 40.3 Å². The number of aliphatic carboxylic acids is 2. The molecule has 0 atom stereocenters. The molecule has 11 aromatic carbocycles. The number of hydrogen-bond acceptors (Lipinski definition) is 20. The highest BCUT2D eigenvalue weighted by Gasteiger charge is 2.22. The second-order valence-electron chi connectivity index (χ2n) is 26.2.